The summed E-state index contributed by atoms with van der Waals surface area (Å²) in [5.74, 6) is -0.227. The number of benzene rings is 2. The zero-order valence-electron chi connectivity index (χ0n) is 13.0. The number of non-ortho nitro benzene ring substituents is 1. The van der Waals surface area contributed by atoms with Crippen molar-refractivity contribution in [1.29, 1.82) is 0 Å². The predicted octanol–water partition coefficient (Wildman–Crippen LogP) is 3.99. The lowest BCUT2D eigenvalue weighted by molar-refractivity contribution is -0.384. The summed E-state index contributed by atoms with van der Waals surface area (Å²) < 4.78 is 0. The molecule has 0 aliphatic carbocycles. The summed E-state index contributed by atoms with van der Waals surface area (Å²) >= 11 is 0. The zero-order valence-corrected chi connectivity index (χ0v) is 13.0. The molecule has 0 aliphatic heterocycles. The standard InChI is InChI=1S/C18H14N4O3/c23-18(21-16-2-1-11-19-12-16)13-3-5-14(6-4-13)20-15-7-9-17(10-8-15)22(24)25/h1-12,20H,(H,21,23). The van der Waals surface area contributed by atoms with Gasteiger partial charge < -0.3 is 10.6 Å². The van der Waals surface area contributed by atoms with E-state index in [2.05, 4.69) is 15.6 Å². The molecule has 0 saturated heterocycles. The molecule has 0 radical (unpaired) electrons. The molecule has 0 fully saturated rings. The normalized spacial score (nSPS) is 10.1. The molecule has 1 heterocycles. The van der Waals surface area contributed by atoms with Crippen molar-refractivity contribution in [3.8, 4) is 0 Å². The van der Waals surface area contributed by atoms with Crippen molar-refractivity contribution in [2.45, 2.75) is 0 Å². The fourth-order valence-corrected chi connectivity index (χ4v) is 2.18. The Kier molecular flexibility index (Phi) is 4.66. The van der Waals surface area contributed by atoms with Crippen LogP contribution in [0.2, 0.25) is 0 Å². The molecule has 0 unspecified atom stereocenters. The number of aromatic nitrogens is 1. The lowest BCUT2D eigenvalue weighted by Gasteiger charge is -2.08. The molecule has 3 aromatic rings. The second-order valence-corrected chi connectivity index (χ2v) is 5.20. The van der Waals surface area contributed by atoms with Crippen LogP contribution in [0.4, 0.5) is 22.7 Å². The first-order valence-corrected chi connectivity index (χ1v) is 7.45. The number of nitrogens with one attached hydrogen (secondary N) is 2. The topological polar surface area (TPSA) is 97.2 Å². The van der Waals surface area contributed by atoms with Gasteiger partial charge in [0.05, 0.1) is 16.8 Å². The van der Waals surface area contributed by atoms with Crippen LogP contribution in [0.1, 0.15) is 10.4 Å². The lowest BCUT2D eigenvalue weighted by atomic mass is 10.2. The molecular weight excluding hydrogens is 320 g/mol. The van der Waals surface area contributed by atoms with Gasteiger partial charge >= 0.3 is 0 Å². The van der Waals surface area contributed by atoms with E-state index >= 15 is 0 Å². The fourth-order valence-electron chi connectivity index (χ4n) is 2.18. The van der Waals surface area contributed by atoms with Gasteiger partial charge in [0.1, 0.15) is 0 Å². The van der Waals surface area contributed by atoms with Crippen LogP contribution in [0.5, 0.6) is 0 Å². The van der Waals surface area contributed by atoms with Gasteiger partial charge in [-0.2, -0.15) is 0 Å². The molecule has 124 valence electrons. The van der Waals surface area contributed by atoms with Crippen LogP contribution in [-0.4, -0.2) is 15.8 Å². The van der Waals surface area contributed by atoms with E-state index in [0.29, 0.717) is 11.3 Å². The van der Waals surface area contributed by atoms with E-state index < -0.39 is 4.92 Å². The Balaban J connectivity index is 1.65. The number of carbonyl (C=O) groups is 1. The minimum Gasteiger partial charge on any atom is -0.356 e. The number of carbonyl (C=O) groups excluding carboxylic acids is 1. The first-order chi connectivity index (χ1) is 12.1. The van der Waals surface area contributed by atoms with Gasteiger partial charge in [-0.25, -0.2) is 0 Å². The van der Waals surface area contributed by atoms with Crippen LogP contribution in [0.25, 0.3) is 0 Å². The molecule has 0 saturated carbocycles. The van der Waals surface area contributed by atoms with Gasteiger partial charge in [-0.1, -0.05) is 0 Å². The van der Waals surface area contributed by atoms with Crippen molar-refractivity contribution >= 4 is 28.7 Å². The number of rotatable bonds is 5. The SMILES string of the molecule is O=C(Nc1cccnc1)c1ccc(Nc2ccc([N+](=O)[O-])cc2)cc1. The largest absolute Gasteiger partial charge is 0.356 e. The van der Waals surface area contributed by atoms with E-state index in [0.717, 1.165) is 11.4 Å². The maximum atomic E-state index is 12.2. The lowest BCUT2D eigenvalue weighted by Crippen LogP contribution is -2.11. The van der Waals surface area contributed by atoms with Crippen LogP contribution >= 0.6 is 0 Å². The van der Waals surface area contributed by atoms with Crippen molar-refractivity contribution in [3.05, 3.63) is 88.7 Å². The third-order valence-corrected chi connectivity index (χ3v) is 3.43. The number of nitrogens with zero attached hydrogens (tertiary/aromatic N) is 2. The Hall–Kier alpha value is -3.74. The van der Waals surface area contributed by atoms with Gasteiger partial charge in [0.25, 0.3) is 11.6 Å². The highest BCUT2D eigenvalue weighted by Crippen LogP contribution is 2.20. The molecule has 0 spiro atoms. The number of nitro groups is 1. The van der Waals surface area contributed by atoms with Gasteiger partial charge in [0.15, 0.2) is 0 Å². The van der Waals surface area contributed by atoms with Crippen LogP contribution < -0.4 is 10.6 Å². The average Bonchev–Trinajstić information content (AvgIpc) is 2.63. The number of hydrogen-bond acceptors (Lipinski definition) is 5. The zero-order chi connectivity index (χ0) is 17.6. The summed E-state index contributed by atoms with van der Waals surface area (Å²) in [6.07, 6.45) is 3.21. The monoisotopic (exact) mass is 334 g/mol. The number of hydrogen-bond donors (Lipinski definition) is 2. The Bertz CT molecular complexity index is 878. The molecule has 7 heteroatoms. The third-order valence-electron chi connectivity index (χ3n) is 3.43. The summed E-state index contributed by atoms with van der Waals surface area (Å²) in [4.78, 5) is 26.3. The van der Waals surface area contributed by atoms with E-state index in [-0.39, 0.29) is 11.6 Å². The molecule has 1 amide bonds. The molecule has 2 aromatic carbocycles. The Morgan fingerprint density at radius 1 is 0.920 bits per heavy atom. The van der Waals surface area contributed by atoms with Gasteiger partial charge in [-0.15, -0.1) is 0 Å². The molecule has 0 bridgehead atoms. The van der Waals surface area contributed by atoms with Crippen molar-refractivity contribution < 1.29 is 9.72 Å². The molecular formula is C18H14N4O3. The Morgan fingerprint density at radius 2 is 1.56 bits per heavy atom. The van der Waals surface area contributed by atoms with E-state index in [1.807, 2.05) is 0 Å². The van der Waals surface area contributed by atoms with E-state index in [1.165, 1.54) is 12.1 Å². The third kappa shape index (κ3) is 4.17. The predicted molar refractivity (Wildman–Crippen MR) is 95.0 cm³/mol. The molecule has 2 N–H and O–H groups in total. The van der Waals surface area contributed by atoms with Gasteiger partial charge in [0.2, 0.25) is 0 Å². The van der Waals surface area contributed by atoms with Crippen LogP contribution in [0.3, 0.4) is 0 Å². The van der Waals surface area contributed by atoms with Gasteiger partial charge in [-0.3, -0.25) is 19.9 Å². The minimum absolute atomic E-state index is 0.0352. The van der Waals surface area contributed by atoms with E-state index in [9.17, 15) is 14.9 Å². The number of nitro benzene ring substituents is 1. The quantitative estimate of drug-likeness (QED) is 0.543. The maximum Gasteiger partial charge on any atom is 0.269 e. The molecule has 25 heavy (non-hydrogen) atoms. The average molecular weight is 334 g/mol. The second-order valence-electron chi connectivity index (χ2n) is 5.20. The highest BCUT2D eigenvalue weighted by molar-refractivity contribution is 6.04. The summed E-state index contributed by atoms with van der Waals surface area (Å²) in [7, 11) is 0. The first kappa shape index (κ1) is 16.1. The maximum absolute atomic E-state index is 12.2. The van der Waals surface area contributed by atoms with Crippen LogP contribution in [0.15, 0.2) is 73.1 Å². The van der Waals surface area contributed by atoms with E-state index in [4.69, 9.17) is 0 Å². The summed E-state index contributed by atoms with van der Waals surface area (Å²) in [5, 5.41) is 16.5. The highest BCUT2D eigenvalue weighted by Gasteiger charge is 2.07. The van der Waals surface area contributed by atoms with E-state index in [1.54, 1.807) is 60.9 Å². The number of anilines is 3. The van der Waals surface area contributed by atoms with Gasteiger partial charge in [-0.05, 0) is 48.5 Å². The van der Waals surface area contributed by atoms with Crippen molar-refractivity contribution in [2.75, 3.05) is 10.6 Å². The smallest absolute Gasteiger partial charge is 0.269 e. The fraction of sp³-hybridized carbons (Fsp3) is 0. The number of pyridine rings is 1. The second kappa shape index (κ2) is 7.22. The van der Waals surface area contributed by atoms with Crippen LogP contribution in [0, 0.1) is 10.1 Å². The van der Waals surface area contributed by atoms with Crippen molar-refractivity contribution in [2.24, 2.45) is 0 Å². The molecule has 7 nitrogen and oxygen atoms in total. The summed E-state index contributed by atoms with van der Waals surface area (Å²) in [6, 6.07) is 16.5. The highest BCUT2D eigenvalue weighted by atomic mass is 16.6. The van der Waals surface area contributed by atoms with Gasteiger partial charge in [0, 0.05) is 35.3 Å². The first-order valence-electron chi connectivity index (χ1n) is 7.45. The number of amides is 1. The Labute approximate surface area is 143 Å². The summed E-state index contributed by atoms with van der Waals surface area (Å²) in [5.41, 5.74) is 2.66. The van der Waals surface area contributed by atoms with Crippen LogP contribution in [-0.2, 0) is 0 Å². The molecule has 1 aromatic heterocycles. The summed E-state index contributed by atoms with van der Waals surface area (Å²) in [6.45, 7) is 0. The van der Waals surface area contributed by atoms with Crippen molar-refractivity contribution in [3.63, 3.8) is 0 Å². The molecule has 0 aliphatic rings. The minimum atomic E-state index is -0.445. The molecule has 0 atom stereocenters. The van der Waals surface area contributed by atoms with Crippen molar-refractivity contribution in [1.82, 2.24) is 4.98 Å². The Morgan fingerprint density at radius 3 is 2.12 bits per heavy atom. The molecule has 3 rings (SSSR count).